The molecule has 0 heterocycles. The van der Waals surface area contributed by atoms with Gasteiger partial charge in [-0.15, -0.1) is 0 Å². The molecule has 2 atom stereocenters. The zero-order chi connectivity index (χ0) is 14.8. The maximum Gasteiger partial charge on any atom is 0.308 e. The first-order valence-corrected chi connectivity index (χ1v) is 8.20. The zero-order valence-corrected chi connectivity index (χ0v) is 12.2. The summed E-state index contributed by atoms with van der Waals surface area (Å²) in [5, 5.41) is 9.18. The SMILES string of the molecule is Cc1ccc(S(=O)(=O)NC2CCCC[C@H]2C(=O)O)cc1. The van der Waals surface area contributed by atoms with E-state index < -0.39 is 28.0 Å². The van der Waals surface area contributed by atoms with Crippen LogP contribution in [0.5, 0.6) is 0 Å². The Morgan fingerprint density at radius 2 is 1.80 bits per heavy atom. The maximum atomic E-state index is 12.3. The van der Waals surface area contributed by atoms with Crippen LogP contribution in [-0.4, -0.2) is 25.5 Å². The van der Waals surface area contributed by atoms with Gasteiger partial charge in [0, 0.05) is 6.04 Å². The highest BCUT2D eigenvalue weighted by atomic mass is 32.2. The maximum absolute atomic E-state index is 12.3. The predicted molar refractivity (Wildman–Crippen MR) is 74.9 cm³/mol. The van der Waals surface area contributed by atoms with E-state index in [9.17, 15) is 18.3 Å². The minimum absolute atomic E-state index is 0.179. The lowest BCUT2D eigenvalue weighted by Crippen LogP contribution is -2.44. The molecule has 1 unspecified atom stereocenters. The number of carbonyl (C=O) groups is 1. The molecule has 1 aromatic carbocycles. The number of aryl methyl sites for hydroxylation is 1. The number of hydrogen-bond acceptors (Lipinski definition) is 3. The van der Waals surface area contributed by atoms with Crippen LogP contribution in [0, 0.1) is 12.8 Å². The molecule has 6 heteroatoms. The van der Waals surface area contributed by atoms with Crippen LogP contribution in [0.1, 0.15) is 31.2 Å². The van der Waals surface area contributed by atoms with E-state index >= 15 is 0 Å². The Morgan fingerprint density at radius 3 is 2.40 bits per heavy atom. The molecule has 20 heavy (non-hydrogen) atoms. The van der Waals surface area contributed by atoms with E-state index in [4.69, 9.17) is 0 Å². The fourth-order valence-corrected chi connectivity index (χ4v) is 3.86. The van der Waals surface area contributed by atoms with E-state index in [1.165, 1.54) is 12.1 Å². The second kappa shape index (κ2) is 5.93. The van der Waals surface area contributed by atoms with Crippen molar-refractivity contribution < 1.29 is 18.3 Å². The van der Waals surface area contributed by atoms with Gasteiger partial charge in [-0.2, -0.15) is 0 Å². The molecule has 1 fully saturated rings. The summed E-state index contributed by atoms with van der Waals surface area (Å²) < 4.78 is 27.1. The molecule has 0 aliphatic heterocycles. The van der Waals surface area contributed by atoms with E-state index in [1.54, 1.807) is 12.1 Å². The van der Waals surface area contributed by atoms with Crippen molar-refractivity contribution in [1.82, 2.24) is 4.72 Å². The fraction of sp³-hybridized carbons (Fsp3) is 0.500. The van der Waals surface area contributed by atoms with Gasteiger partial charge in [0.15, 0.2) is 0 Å². The summed E-state index contributed by atoms with van der Waals surface area (Å²) in [4.78, 5) is 11.4. The molecular formula is C14H19NO4S. The van der Waals surface area contributed by atoms with Gasteiger partial charge in [0.1, 0.15) is 0 Å². The average molecular weight is 297 g/mol. The molecule has 0 radical (unpaired) electrons. The summed E-state index contributed by atoms with van der Waals surface area (Å²) in [6.45, 7) is 1.88. The van der Waals surface area contributed by atoms with Crippen LogP contribution in [0.4, 0.5) is 0 Å². The van der Waals surface area contributed by atoms with Crippen molar-refractivity contribution in [2.75, 3.05) is 0 Å². The number of aliphatic carboxylic acids is 1. The summed E-state index contributed by atoms with van der Waals surface area (Å²) in [7, 11) is -3.66. The lowest BCUT2D eigenvalue weighted by molar-refractivity contribution is -0.143. The first kappa shape index (κ1) is 15.0. The van der Waals surface area contributed by atoms with Gasteiger partial charge in [-0.25, -0.2) is 13.1 Å². The topological polar surface area (TPSA) is 83.5 Å². The molecule has 110 valence electrons. The number of benzene rings is 1. The van der Waals surface area contributed by atoms with E-state index in [-0.39, 0.29) is 4.90 Å². The second-order valence-electron chi connectivity index (χ2n) is 5.27. The van der Waals surface area contributed by atoms with Gasteiger partial charge < -0.3 is 5.11 Å². The van der Waals surface area contributed by atoms with Gasteiger partial charge in [-0.3, -0.25) is 4.79 Å². The number of hydrogen-bond donors (Lipinski definition) is 2. The highest BCUT2D eigenvalue weighted by Crippen LogP contribution is 2.26. The average Bonchev–Trinajstić information content (AvgIpc) is 2.39. The summed E-state index contributed by atoms with van der Waals surface area (Å²) in [5.74, 6) is -1.56. The Morgan fingerprint density at radius 1 is 1.20 bits per heavy atom. The summed E-state index contributed by atoms with van der Waals surface area (Å²) in [5.41, 5.74) is 0.977. The summed E-state index contributed by atoms with van der Waals surface area (Å²) in [6.07, 6.45) is 2.78. The molecule has 0 saturated heterocycles. The number of carboxylic acid groups (broad SMARTS) is 1. The van der Waals surface area contributed by atoms with Gasteiger partial charge in [-0.05, 0) is 31.9 Å². The van der Waals surface area contributed by atoms with Crippen LogP contribution in [0.25, 0.3) is 0 Å². The minimum atomic E-state index is -3.66. The predicted octanol–water partition coefficient (Wildman–Crippen LogP) is 1.92. The lowest BCUT2D eigenvalue weighted by Gasteiger charge is -2.28. The molecular weight excluding hydrogens is 278 g/mol. The second-order valence-corrected chi connectivity index (χ2v) is 6.98. The molecule has 1 aliphatic rings. The first-order valence-electron chi connectivity index (χ1n) is 6.72. The Kier molecular flexibility index (Phi) is 4.45. The normalized spacial score (nSPS) is 23.4. The number of sulfonamides is 1. The summed E-state index contributed by atoms with van der Waals surface area (Å²) in [6, 6.07) is 6.01. The van der Waals surface area contributed by atoms with Crippen LogP contribution in [-0.2, 0) is 14.8 Å². The van der Waals surface area contributed by atoms with Crippen molar-refractivity contribution in [2.45, 2.75) is 43.5 Å². The van der Waals surface area contributed by atoms with Crippen molar-refractivity contribution in [3.05, 3.63) is 29.8 Å². The standard InChI is InChI=1S/C14H19NO4S/c1-10-6-8-11(9-7-10)20(18,19)15-13-5-3-2-4-12(13)14(16)17/h6-9,12-13,15H,2-5H2,1H3,(H,16,17)/t12-,13?/m1/s1. The Labute approximate surface area is 119 Å². The molecule has 0 aromatic heterocycles. The van der Waals surface area contributed by atoms with Crippen molar-refractivity contribution in [2.24, 2.45) is 5.92 Å². The van der Waals surface area contributed by atoms with E-state index in [2.05, 4.69) is 4.72 Å². The van der Waals surface area contributed by atoms with Gasteiger partial charge >= 0.3 is 5.97 Å². The monoisotopic (exact) mass is 297 g/mol. The molecule has 0 bridgehead atoms. The Hall–Kier alpha value is -1.40. The molecule has 5 nitrogen and oxygen atoms in total. The van der Waals surface area contributed by atoms with Crippen molar-refractivity contribution in [1.29, 1.82) is 0 Å². The third-order valence-electron chi connectivity index (χ3n) is 3.72. The van der Waals surface area contributed by atoms with Gasteiger partial charge in [0.05, 0.1) is 10.8 Å². The highest BCUT2D eigenvalue weighted by Gasteiger charge is 2.33. The number of nitrogens with one attached hydrogen (secondary N) is 1. The lowest BCUT2D eigenvalue weighted by atomic mass is 9.85. The van der Waals surface area contributed by atoms with E-state index in [0.29, 0.717) is 12.8 Å². The third kappa shape index (κ3) is 3.37. The number of rotatable bonds is 4. The molecule has 0 amide bonds. The largest absolute Gasteiger partial charge is 0.481 e. The molecule has 1 aliphatic carbocycles. The van der Waals surface area contributed by atoms with Crippen LogP contribution in [0.15, 0.2) is 29.2 Å². The Bertz CT molecular complexity index is 580. The minimum Gasteiger partial charge on any atom is -0.481 e. The van der Waals surface area contributed by atoms with Crippen LogP contribution in [0.3, 0.4) is 0 Å². The molecule has 2 N–H and O–H groups in total. The third-order valence-corrected chi connectivity index (χ3v) is 5.23. The molecule has 1 saturated carbocycles. The van der Waals surface area contributed by atoms with Gasteiger partial charge in [0.25, 0.3) is 0 Å². The molecule has 1 aromatic rings. The smallest absolute Gasteiger partial charge is 0.308 e. The van der Waals surface area contributed by atoms with Crippen LogP contribution < -0.4 is 4.72 Å². The number of carboxylic acids is 1. The van der Waals surface area contributed by atoms with Gasteiger partial charge in [-0.1, -0.05) is 30.5 Å². The quantitative estimate of drug-likeness (QED) is 0.889. The van der Waals surface area contributed by atoms with Crippen LogP contribution in [0.2, 0.25) is 0 Å². The van der Waals surface area contributed by atoms with E-state index in [1.807, 2.05) is 6.92 Å². The zero-order valence-electron chi connectivity index (χ0n) is 11.4. The highest BCUT2D eigenvalue weighted by molar-refractivity contribution is 7.89. The van der Waals surface area contributed by atoms with E-state index in [0.717, 1.165) is 18.4 Å². The van der Waals surface area contributed by atoms with Crippen molar-refractivity contribution in [3.63, 3.8) is 0 Å². The van der Waals surface area contributed by atoms with Crippen LogP contribution >= 0.6 is 0 Å². The molecule has 0 spiro atoms. The van der Waals surface area contributed by atoms with Gasteiger partial charge in [0.2, 0.25) is 10.0 Å². The van der Waals surface area contributed by atoms with Crippen molar-refractivity contribution in [3.8, 4) is 0 Å². The summed E-state index contributed by atoms with van der Waals surface area (Å²) >= 11 is 0. The fourth-order valence-electron chi connectivity index (χ4n) is 2.55. The molecule has 2 rings (SSSR count). The van der Waals surface area contributed by atoms with Crippen molar-refractivity contribution >= 4 is 16.0 Å². The Balaban J connectivity index is 2.18. The first-order chi connectivity index (χ1) is 9.40.